The van der Waals surface area contributed by atoms with Crippen molar-refractivity contribution in [1.82, 2.24) is 0 Å². The highest BCUT2D eigenvalue weighted by molar-refractivity contribution is 5.32. The fraction of sp³-hybridized carbons (Fsp3) is 0.333. The highest BCUT2D eigenvalue weighted by Crippen LogP contribution is 2.08. The van der Waals surface area contributed by atoms with E-state index in [1.807, 2.05) is 0 Å². The summed E-state index contributed by atoms with van der Waals surface area (Å²) in [5.74, 6) is 0. The van der Waals surface area contributed by atoms with E-state index in [2.05, 4.69) is 37.3 Å². The Kier molecular flexibility index (Phi) is 2.32. The summed E-state index contributed by atoms with van der Waals surface area (Å²) in [5.41, 5.74) is 1.23. The van der Waals surface area contributed by atoms with E-state index >= 15 is 0 Å². The van der Waals surface area contributed by atoms with Gasteiger partial charge in [0, 0.05) is 0 Å². The van der Waals surface area contributed by atoms with Gasteiger partial charge in [0.25, 0.3) is 0 Å². The lowest BCUT2D eigenvalue weighted by Gasteiger charge is -1.82. The highest BCUT2D eigenvalue weighted by Gasteiger charge is 1.90. The lowest BCUT2D eigenvalue weighted by molar-refractivity contribution is 1.22. The molecular weight excluding hydrogens is 108 g/mol. The summed E-state index contributed by atoms with van der Waals surface area (Å²) in [6, 6.07) is 0. The lowest BCUT2D eigenvalue weighted by atomic mass is 10.2. The molecular formula is C9H11. The second-order valence-corrected chi connectivity index (χ2v) is 2.05. The summed E-state index contributed by atoms with van der Waals surface area (Å²) in [6.07, 6.45) is 13.8. The molecule has 0 bridgehead atoms. The molecule has 1 aliphatic rings. The third-order valence-corrected chi connectivity index (χ3v) is 1.25. The van der Waals surface area contributed by atoms with Crippen LogP contribution >= 0.6 is 0 Å². The number of allylic oxidation sites excluding steroid dienone is 6. The highest BCUT2D eigenvalue weighted by atomic mass is 13.9. The maximum Gasteiger partial charge on any atom is -0.00851 e. The second kappa shape index (κ2) is 3.29. The molecule has 0 N–H and O–H groups in total. The summed E-state index contributed by atoms with van der Waals surface area (Å²) in [4.78, 5) is 0. The molecule has 0 unspecified atom stereocenters. The lowest BCUT2D eigenvalue weighted by Crippen LogP contribution is -1.63. The quantitative estimate of drug-likeness (QED) is 0.524. The fourth-order valence-corrected chi connectivity index (χ4v) is 0.781. The first-order valence-electron chi connectivity index (χ1n) is 3.37. The van der Waals surface area contributed by atoms with E-state index in [4.69, 9.17) is 0 Å². The van der Waals surface area contributed by atoms with Crippen molar-refractivity contribution in [2.75, 3.05) is 0 Å². The van der Waals surface area contributed by atoms with Crippen molar-refractivity contribution in [3.8, 4) is 0 Å². The minimum Gasteiger partial charge on any atom is -0.0842 e. The first-order valence-corrected chi connectivity index (χ1v) is 3.37. The summed E-state index contributed by atoms with van der Waals surface area (Å²) >= 11 is 0. The van der Waals surface area contributed by atoms with E-state index in [-0.39, 0.29) is 0 Å². The summed E-state index contributed by atoms with van der Waals surface area (Å²) in [6.45, 7) is 2.13. The van der Waals surface area contributed by atoms with Crippen LogP contribution in [0.3, 0.4) is 0 Å². The van der Waals surface area contributed by atoms with Crippen LogP contribution in [0.5, 0.6) is 0 Å². The SMILES string of the molecule is CCC=CC1=[C]CC=C1. The smallest absolute Gasteiger partial charge is 0.00851 e. The van der Waals surface area contributed by atoms with E-state index in [0.29, 0.717) is 0 Å². The van der Waals surface area contributed by atoms with Crippen molar-refractivity contribution in [2.24, 2.45) is 0 Å². The molecule has 1 rings (SSSR count). The topological polar surface area (TPSA) is 0 Å². The molecule has 0 heterocycles. The Labute approximate surface area is 56.6 Å². The molecule has 0 heteroatoms. The predicted molar refractivity (Wildman–Crippen MR) is 39.9 cm³/mol. The molecule has 9 heavy (non-hydrogen) atoms. The molecule has 1 radical (unpaired) electrons. The van der Waals surface area contributed by atoms with Crippen LogP contribution in [0.25, 0.3) is 0 Å². The molecule has 47 valence electrons. The van der Waals surface area contributed by atoms with Crippen LogP contribution in [0.1, 0.15) is 19.8 Å². The zero-order valence-corrected chi connectivity index (χ0v) is 5.72. The van der Waals surface area contributed by atoms with Crippen LogP contribution in [0, 0.1) is 6.08 Å². The van der Waals surface area contributed by atoms with Crippen LogP contribution in [-0.4, -0.2) is 0 Å². The zero-order chi connectivity index (χ0) is 6.53. The number of hydrogen-bond donors (Lipinski definition) is 0. The predicted octanol–water partition coefficient (Wildman–Crippen LogP) is 2.64. The molecule has 0 aromatic rings. The van der Waals surface area contributed by atoms with Gasteiger partial charge in [0.05, 0.1) is 0 Å². The molecule has 0 nitrogen and oxygen atoms in total. The van der Waals surface area contributed by atoms with Crippen LogP contribution in [0.4, 0.5) is 0 Å². The van der Waals surface area contributed by atoms with Gasteiger partial charge in [-0.2, -0.15) is 0 Å². The largest absolute Gasteiger partial charge is 0.0842 e. The Morgan fingerprint density at radius 2 is 2.67 bits per heavy atom. The Balaban J connectivity index is 2.44. The van der Waals surface area contributed by atoms with Crippen LogP contribution in [0.2, 0.25) is 0 Å². The Morgan fingerprint density at radius 1 is 1.78 bits per heavy atom. The number of rotatable bonds is 2. The van der Waals surface area contributed by atoms with Crippen LogP contribution in [-0.2, 0) is 0 Å². The van der Waals surface area contributed by atoms with E-state index in [1.54, 1.807) is 0 Å². The van der Waals surface area contributed by atoms with Gasteiger partial charge in [-0.3, -0.25) is 0 Å². The molecule has 0 saturated heterocycles. The van der Waals surface area contributed by atoms with E-state index < -0.39 is 0 Å². The minimum atomic E-state index is 0.989. The van der Waals surface area contributed by atoms with Crippen molar-refractivity contribution >= 4 is 0 Å². The molecule has 0 fully saturated rings. The second-order valence-electron chi connectivity index (χ2n) is 2.05. The summed E-state index contributed by atoms with van der Waals surface area (Å²) in [7, 11) is 0. The van der Waals surface area contributed by atoms with Gasteiger partial charge >= 0.3 is 0 Å². The van der Waals surface area contributed by atoms with Crippen molar-refractivity contribution in [1.29, 1.82) is 0 Å². The molecule has 0 spiro atoms. The average molecular weight is 119 g/mol. The van der Waals surface area contributed by atoms with Gasteiger partial charge in [0.1, 0.15) is 0 Å². The normalized spacial score (nSPS) is 17.2. The van der Waals surface area contributed by atoms with E-state index in [9.17, 15) is 0 Å². The van der Waals surface area contributed by atoms with Crippen LogP contribution < -0.4 is 0 Å². The van der Waals surface area contributed by atoms with E-state index in [1.165, 1.54) is 5.57 Å². The standard InChI is InChI=1S/C9H11/c1-2-3-6-9-7-4-5-8-9/h3-4,6-7H,2,5H2,1H3. The first-order chi connectivity index (χ1) is 4.43. The van der Waals surface area contributed by atoms with E-state index in [0.717, 1.165) is 12.8 Å². The third kappa shape index (κ3) is 1.88. The fourth-order valence-electron chi connectivity index (χ4n) is 0.781. The van der Waals surface area contributed by atoms with Gasteiger partial charge in [-0.25, -0.2) is 0 Å². The van der Waals surface area contributed by atoms with Crippen molar-refractivity contribution in [2.45, 2.75) is 19.8 Å². The van der Waals surface area contributed by atoms with Crippen molar-refractivity contribution in [3.05, 3.63) is 36.0 Å². The molecule has 0 aliphatic heterocycles. The molecule has 0 atom stereocenters. The Bertz CT molecular complexity index is 159. The van der Waals surface area contributed by atoms with Gasteiger partial charge in [0.2, 0.25) is 0 Å². The maximum atomic E-state index is 3.21. The third-order valence-electron chi connectivity index (χ3n) is 1.25. The minimum absolute atomic E-state index is 0.989. The molecule has 1 aliphatic carbocycles. The van der Waals surface area contributed by atoms with Gasteiger partial charge in [-0.1, -0.05) is 31.2 Å². The monoisotopic (exact) mass is 119 g/mol. The molecule has 0 amide bonds. The Hall–Kier alpha value is -0.780. The molecule has 0 saturated carbocycles. The summed E-state index contributed by atoms with van der Waals surface area (Å²) < 4.78 is 0. The van der Waals surface area contributed by atoms with Gasteiger partial charge < -0.3 is 0 Å². The van der Waals surface area contributed by atoms with Crippen molar-refractivity contribution < 1.29 is 0 Å². The van der Waals surface area contributed by atoms with Gasteiger partial charge in [0.15, 0.2) is 0 Å². The molecule has 0 aromatic carbocycles. The number of hydrogen-bond acceptors (Lipinski definition) is 0. The van der Waals surface area contributed by atoms with Crippen molar-refractivity contribution in [3.63, 3.8) is 0 Å². The first kappa shape index (κ1) is 6.34. The average Bonchev–Trinajstić information content (AvgIpc) is 2.34. The Morgan fingerprint density at radius 3 is 3.22 bits per heavy atom. The van der Waals surface area contributed by atoms with Crippen LogP contribution in [0.15, 0.2) is 29.9 Å². The summed E-state index contributed by atoms with van der Waals surface area (Å²) in [5, 5.41) is 0. The maximum absolute atomic E-state index is 3.21. The van der Waals surface area contributed by atoms with Gasteiger partial charge in [-0.15, -0.1) is 0 Å². The molecule has 0 aromatic heterocycles. The zero-order valence-electron chi connectivity index (χ0n) is 5.72. The van der Waals surface area contributed by atoms with Gasteiger partial charge in [-0.05, 0) is 24.5 Å².